The van der Waals surface area contributed by atoms with E-state index in [9.17, 15) is 9.59 Å². The zero-order valence-corrected chi connectivity index (χ0v) is 16.3. The monoisotopic (exact) mass is 407 g/mol. The van der Waals surface area contributed by atoms with E-state index in [2.05, 4.69) is 10.0 Å². The van der Waals surface area contributed by atoms with E-state index in [0.717, 1.165) is 15.8 Å². The Morgan fingerprint density at radius 2 is 1.77 bits per heavy atom. The van der Waals surface area contributed by atoms with Crippen molar-refractivity contribution in [1.29, 1.82) is 0 Å². The Kier molecular flexibility index (Phi) is 5.46. The lowest BCUT2D eigenvalue weighted by Crippen LogP contribution is -2.15. The van der Waals surface area contributed by atoms with Gasteiger partial charge >= 0.3 is 0 Å². The van der Waals surface area contributed by atoms with Gasteiger partial charge in [-0.2, -0.15) is 0 Å². The molecule has 5 nitrogen and oxygen atoms in total. The van der Waals surface area contributed by atoms with E-state index in [1.165, 1.54) is 18.9 Å². The molecular weight excluding hydrogens is 393 g/mol. The van der Waals surface area contributed by atoms with Crippen LogP contribution in [0.3, 0.4) is 0 Å². The van der Waals surface area contributed by atoms with Crippen molar-refractivity contribution in [3.8, 4) is 0 Å². The Labute approximate surface area is 164 Å². The number of carbonyl (C=O) groups is 2. The Morgan fingerprint density at radius 3 is 2.42 bits per heavy atom. The number of nitrogens with one attached hydrogen (secondary N) is 2. The highest BCUT2D eigenvalue weighted by atomic mass is 35.5. The average molecular weight is 408 g/mol. The van der Waals surface area contributed by atoms with Crippen molar-refractivity contribution >= 4 is 63.6 Å². The molecule has 8 heteroatoms. The number of hydrogen-bond acceptors (Lipinski definition) is 3. The fourth-order valence-corrected chi connectivity index (χ4v) is 3.58. The highest BCUT2D eigenvalue weighted by Gasteiger charge is 2.16. The van der Waals surface area contributed by atoms with Gasteiger partial charge in [-0.25, -0.2) is 0 Å². The molecule has 3 rings (SSSR count). The normalized spacial score (nSPS) is 10.8. The lowest BCUT2D eigenvalue weighted by Gasteiger charge is -2.08. The Morgan fingerprint density at radius 1 is 1.08 bits per heavy atom. The van der Waals surface area contributed by atoms with Crippen LogP contribution in [0.5, 0.6) is 0 Å². The standard InChI is InChI=1S/C18H15Cl2N3O2S/c1-10(24)22-26-13-5-3-12(4-6-13)21-18(25)17-9-14-15(20)7-11(19)8-16(14)23(17)2/h3-9H,1-2H3,(H,21,25)(H,22,24). The molecule has 0 aliphatic carbocycles. The Hall–Kier alpha value is -2.15. The first-order valence-electron chi connectivity index (χ1n) is 7.64. The number of hydrogen-bond donors (Lipinski definition) is 2. The average Bonchev–Trinajstić information content (AvgIpc) is 2.92. The third-order valence-corrected chi connectivity index (χ3v) is 5.16. The van der Waals surface area contributed by atoms with E-state index in [1.54, 1.807) is 41.9 Å². The molecule has 0 saturated carbocycles. The van der Waals surface area contributed by atoms with Crippen LogP contribution in [-0.4, -0.2) is 16.4 Å². The number of halogens is 2. The number of nitrogens with zero attached hydrogens (tertiary/aromatic N) is 1. The first-order chi connectivity index (χ1) is 12.3. The molecule has 0 aliphatic rings. The first kappa shape index (κ1) is 18.6. The summed E-state index contributed by atoms with van der Waals surface area (Å²) in [6.45, 7) is 1.45. The summed E-state index contributed by atoms with van der Waals surface area (Å²) >= 11 is 13.5. The van der Waals surface area contributed by atoms with Gasteiger partial charge < -0.3 is 9.88 Å². The molecule has 0 unspecified atom stereocenters. The summed E-state index contributed by atoms with van der Waals surface area (Å²) in [6, 6.07) is 12.3. The van der Waals surface area contributed by atoms with Gasteiger partial charge in [0.1, 0.15) is 5.69 Å². The van der Waals surface area contributed by atoms with Crippen LogP contribution in [-0.2, 0) is 11.8 Å². The molecule has 1 aromatic heterocycles. The largest absolute Gasteiger partial charge is 0.340 e. The predicted molar refractivity (Wildman–Crippen MR) is 107 cm³/mol. The first-order valence-corrected chi connectivity index (χ1v) is 9.21. The predicted octanol–water partition coefficient (Wildman–Crippen LogP) is 4.88. The molecule has 0 fully saturated rings. The maximum Gasteiger partial charge on any atom is 0.272 e. The van der Waals surface area contributed by atoms with Crippen molar-refractivity contribution in [2.24, 2.45) is 7.05 Å². The van der Waals surface area contributed by atoms with Crippen molar-refractivity contribution in [3.05, 3.63) is 58.2 Å². The molecule has 134 valence electrons. The molecule has 3 aromatic rings. The van der Waals surface area contributed by atoms with Gasteiger partial charge in [-0.15, -0.1) is 0 Å². The number of fused-ring (bicyclic) bond motifs is 1. The number of anilines is 1. The number of rotatable bonds is 4. The highest BCUT2D eigenvalue weighted by molar-refractivity contribution is 7.98. The summed E-state index contributed by atoms with van der Waals surface area (Å²) in [5, 5.41) is 4.64. The van der Waals surface area contributed by atoms with Gasteiger partial charge in [0.2, 0.25) is 5.91 Å². The van der Waals surface area contributed by atoms with E-state index in [-0.39, 0.29) is 11.8 Å². The fourth-order valence-electron chi connectivity index (χ4n) is 2.50. The van der Waals surface area contributed by atoms with Gasteiger partial charge in [0.05, 0.1) is 10.5 Å². The van der Waals surface area contributed by atoms with Crippen molar-refractivity contribution in [1.82, 2.24) is 9.29 Å². The van der Waals surface area contributed by atoms with E-state index in [0.29, 0.717) is 21.4 Å². The van der Waals surface area contributed by atoms with Crippen molar-refractivity contribution in [2.45, 2.75) is 11.8 Å². The van der Waals surface area contributed by atoms with Crippen LogP contribution in [0.1, 0.15) is 17.4 Å². The summed E-state index contributed by atoms with van der Waals surface area (Å²) in [5.41, 5.74) is 1.91. The second-order valence-electron chi connectivity index (χ2n) is 5.65. The number of aromatic nitrogens is 1. The topological polar surface area (TPSA) is 63.1 Å². The number of aryl methyl sites for hydroxylation is 1. The molecule has 0 spiro atoms. The van der Waals surface area contributed by atoms with E-state index in [4.69, 9.17) is 23.2 Å². The van der Waals surface area contributed by atoms with Gasteiger partial charge in [0.15, 0.2) is 0 Å². The molecule has 2 amide bonds. The maximum atomic E-state index is 12.6. The Bertz CT molecular complexity index is 1000. The van der Waals surface area contributed by atoms with Crippen LogP contribution in [0.15, 0.2) is 47.4 Å². The molecule has 2 N–H and O–H groups in total. The molecule has 0 radical (unpaired) electrons. The molecule has 0 bridgehead atoms. The van der Waals surface area contributed by atoms with Crippen molar-refractivity contribution in [2.75, 3.05) is 5.32 Å². The molecule has 0 aliphatic heterocycles. The van der Waals surface area contributed by atoms with Crippen LogP contribution in [0.4, 0.5) is 5.69 Å². The van der Waals surface area contributed by atoms with E-state index in [1.807, 2.05) is 12.1 Å². The minimum absolute atomic E-state index is 0.123. The molecule has 1 heterocycles. The third-order valence-electron chi connectivity index (χ3n) is 3.73. The minimum Gasteiger partial charge on any atom is -0.340 e. The van der Waals surface area contributed by atoms with Gasteiger partial charge in [0, 0.05) is 35.0 Å². The van der Waals surface area contributed by atoms with Crippen molar-refractivity contribution < 1.29 is 9.59 Å². The molecule has 0 saturated heterocycles. The van der Waals surface area contributed by atoms with Crippen LogP contribution in [0.25, 0.3) is 10.9 Å². The van der Waals surface area contributed by atoms with Crippen LogP contribution in [0, 0.1) is 0 Å². The third kappa shape index (κ3) is 3.98. The number of amides is 2. The van der Waals surface area contributed by atoms with Crippen LogP contribution in [0.2, 0.25) is 10.0 Å². The lowest BCUT2D eigenvalue weighted by atomic mass is 10.2. The molecule has 2 aromatic carbocycles. The molecule has 0 atom stereocenters. The van der Waals surface area contributed by atoms with Crippen molar-refractivity contribution in [3.63, 3.8) is 0 Å². The summed E-state index contributed by atoms with van der Waals surface area (Å²) in [6.07, 6.45) is 0. The van der Waals surface area contributed by atoms with Gasteiger partial charge in [0.25, 0.3) is 5.91 Å². The Balaban J connectivity index is 1.80. The fraction of sp³-hybridized carbons (Fsp3) is 0.111. The van der Waals surface area contributed by atoms with E-state index >= 15 is 0 Å². The van der Waals surface area contributed by atoms with Crippen LogP contribution >= 0.6 is 35.1 Å². The zero-order valence-electron chi connectivity index (χ0n) is 14.0. The number of carbonyl (C=O) groups excluding carboxylic acids is 2. The molecular formula is C18H15Cl2N3O2S. The minimum atomic E-state index is -0.252. The van der Waals surface area contributed by atoms with E-state index < -0.39 is 0 Å². The maximum absolute atomic E-state index is 12.6. The summed E-state index contributed by atoms with van der Waals surface area (Å²) < 4.78 is 4.40. The zero-order chi connectivity index (χ0) is 18.8. The van der Waals surface area contributed by atoms with Gasteiger partial charge in [-0.3, -0.25) is 14.3 Å². The summed E-state index contributed by atoms with van der Waals surface area (Å²) in [7, 11) is 1.79. The number of benzene rings is 2. The second-order valence-corrected chi connectivity index (χ2v) is 7.37. The SMILES string of the molecule is CC(=O)NSc1ccc(NC(=O)c2cc3c(Cl)cc(Cl)cc3n2C)cc1. The summed E-state index contributed by atoms with van der Waals surface area (Å²) in [4.78, 5) is 24.4. The highest BCUT2D eigenvalue weighted by Crippen LogP contribution is 2.30. The van der Waals surface area contributed by atoms with Gasteiger partial charge in [-0.05, 0) is 54.4 Å². The quantitative estimate of drug-likeness (QED) is 0.605. The smallest absolute Gasteiger partial charge is 0.272 e. The summed E-state index contributed by atoms with van der Waals surface area (Å²) in [5.74, 6) is -0.375. The molecule has 26 heavy (non-hydrogen) atoms. The van der Waals surface area contributed by atoms with Crippen LogP contribution < -0.4 is 10.0 Å². The second kappa shape index (κ2) is 7.61. The van der Waals surface area contributed by atoms with Gasteiger partial charge in [-0.1, -0.05) is 23.2 Å². The lowest BCUT2D eigenvalue weighted by molar-refractivity contribution is -0.117.